The van der Waals surface area contributed by atoms with Crippen LogP contribution >= 0.6 is 0 Å². The Bertz CT molecular complexity index is 6600. The van der Waals surface area contributed by atoms with Gasteiger partial charge in [0, 0.05) is 83.8 Å². The van der Waals surface area contributed by atoms with Crippen molar-refractivity contribution in [1.82, 2.24) is 70.2 Å². The molecule has 8 amide bonds. The van der Waals surface area contributed by atoms with Gasteiger partial charge in [0.15, 0.2) is 0 Å². The molecule has 1 saturated carbocycles. The molecule has 4 unspecified atom stereocenters. The molecular formula is C96H100F10N22O9. The van der Waals surface area contributed by atoms with Gasteiger partial charge in [-0.15, -0.1) is 0 Å². The molecule has 3 saturated heterocycles. The average Bonchev–Trinajstić information content (AvgIpc) is 1.14. The number of primary amides is 4. The van der Waals surface area contributed by atoms with Gasteiger partial charge in [0.25, 0.3) is 65.0 Å². The number of hydrogen-bond donors (Lipinski definition) is 12. The van der Waals surface area contributed by atoms with Gasteiger partial charge >= 0.3 is 0 Å². The molecule has 1 aliphatic carbocycles. The van der Waals surface area contributed by atoms with E-state index in [1.807, 2.05) is 31.2 Å². The van der Waals surface area contributed by atoms with Gasteiger partial charge in [-0.05, 0) is 160 Å². The van der Waals surface area contributed by atoms with E-state index in [0.29, 0.717) is 79.4 Å². The van der Waals surface area contributed by atoms with E-state index in [4.69, 9.17) is 50.6 Å². The highest BCUT2D eigenvalue weighted by atomic mass is 19.3. The largest absolute Gasteiger partial charge is 0.383 e. The first-order valence-corrected chi connectivity index (χ1v) is 43.2. The quantitative estimate of drug-likeness (QED) is 0.0224. The van der Waals surface area contributed by atoms with Gasteiger partial charge in [-0.3, -0.25) is 48.2 Å². The van der Waals surface area contributed by atoms with Crippen molar-refractivity contribution >= 4 is 70.5 Å². The van der Waals surface area contributed by atoms with Crippen LogP contribution in [0, 0.1) is 56.9 Å². The number of ether oxygens (including phenoxy) is 1. The van der Waals surface area contributed by atoms with Crippen LogP contribution < -0.4 is 67.1 Å². The molecule has 8 aromatic carbocycles. The highest BCUT2D eigenvalue weighted by Gasteiger charge is 2.53. The van der Waals surface area contributed by atoms with Crippen LogP contribution in [0.2, 0.25) is 0 Å². The van der Waals surface area contributed by atoms with Gasteiger partial charge in [-0.1, -0.05) is 128 Å². The van der Waals surface area contributed by atoms with Crippen LogP contribution in [0.5, 0.6) is 0 Å². The van der Waals surface area contributed by atoms with E-state index in [9.17, 15) is 82.3 Å². The van der Waals surface area contributed by atoms with E-state index in [1.165, 1.54) is 71.6 Å². The minimum absolute atomic E-state index is 0.0138. The molecular weight excluding hydrogens is 1800 g/mol. The number of likely N-dealkylation sites (N-methyl/N-ethyl adjacent to an activating group) is 2. The van der Waals surface area contributed by atoms with Crippen LogP contribution in [0.3, 0.4) is 0 Å². The molecule has 31 nitrogen and oxygen atoms in total. The van der Waals surface area contributed by atoms with E-state index < -0.39 is 120 Å². The van der Waals surface area contributed by atoms with Crippen LogP contribution in [0.25, 0.3) is 45.0 Å². The lowest BCUT2D eigenvalue weighted by Gasteiger charge is -2.19. The van der Waals surface area contributed by atoms with Crippen LogP contribution in [0.1, 0.15) is 178 Å². The number of amides is 8. The number of alkyl halides is 6. The fourth-order valence-electron chi connectivity index (χ4n) is 16.3. The van der Waals surface area contributed by atoms with Crippen LogP contribution in [-0.2, 0) is 30.9 Å². The van der Waals surface area contributed by atoms with E-state index in [-0.39, 0.29) is 137 Å². The Morgan fingerprint density at radius 1 is 0.401 bits per heavy atom. The highest BCUT2D eigenvalue weighted by Crippen LogP contribution is 2.45. The van der Waals surface area contributed by atoms with Gasteiger partial charge in [0.05, 0.1) is 25.7 Å². The summed E-state index contributed by atoms with van der Waals surface area (Å²) < 4.78 is 150. The maximum atomic E-state index is 14.7. The lowest BCUT2D eigenvalue weighted by atomic mass is 10.0. The molecule has 4 atom stereocenters. The fraction of sp³-hybridized carbons (Fsp3) is 0.292. The molecule has 41 heteroatoms. The number of likely N-dealkylation sites (tertiary alicyclic amines) is 2. The Kier molecular flexibility index (Phi) is 29.6. The first-order chi connectivity index (χ1) is 64.8. The first kappa shape index (κ1) is 99.2. The second-order valence-electron chi connectivity index (χ2n) is 34.0. The SMILES string of the molecule is CCN1CC(n2nc(-c3ccc(CNC(=O)c4cc(F)ccc4C)cc3)c(C(N)=O)c2N)C(F)(F)C1.Cc1ccc(F)cc1C(=O)NCc1ccc(-c2nn(C(C)C3CC3)c(N)c2C(N)=O)cc1.Cc1ccc(F)cc1C(=O)NCc1ccc(-c2nn(C3CN(C)CC3(F)F)c(N)c2C(N)=O)cc1.Cc1ccc(F)cc1C(=O)NCc1ccc(-c2nn(C3COCC3(F)F)c(N)c2C(N)=O)cc1. The minimum atomic E-state index is -3.20. The van der Waals surface area contributed by atoms with Crippen molar-refractivity contribution in [3.8, 4) is 45.0 Å². The second kappa shape index (κ2) is 40.9. The summed E-state index contributed by atoms with van der Waals surface area (Å²) in [7, 11) is 1.57. The number of anilines is 4. The number of nitrogens with zero attached hydrogens (tertiary/aromatic N) is 10. The smallest absolute Gasteiger partial charge is 0.295 e. The Balaban J connectivity index is 0.000000154. The molecule has 0 bridgehead atoms. The molecule has 718 valence electrons. The topological polar surface area (TPSA) is 480 Å². The Morgan fingerprint density at radius 3 is 0.949 bits per heavy atom. The number of benzene rings is 8. The number of hydrogen-bond acceptors (Lipinski definition) is 19. The number of carbonyl (C=O) groups is 8. The number of rotatable bonds is 26. The molecule has 0 radical (unpaired) electrons. The van der Waals surface area contributed by atoms with E-state index in [1.54, 1.807) is 130 Å². The maximum Gasteiger partial charge on any atom is 0.295 e. The number of aromatic nitrogens is 8. The molecule has 4 aromatic heterocycles. The third kappa shape index (κ3) is 22.2. The Labute approximate surface area is 778 Å². The van der Waals surface area contributed by atoms with Crippen molar-refractivity contribution in [3.05, 3.63) is 282 Å². The molecule has 137 heavy (non-hydrogen) atoms. The number of nitrogens with one attached hydrogen (secondary N) is 4. The first-order valence-electron chi connectivity index (χ1n) is 43.2. The third-order valence-corrected chi connectivity index (χ3v) is 24.2. The summed E-state index contributed by atoms with van der Waals surface area (Å²) in [5.41, 5.74) is 55.6. The molecule has 4 fully saturated rings. The lowest BCUT2D eigenvalue weighted by molar-refractivity contribution is -0.0344. The van der Waals surface area contributed by atoms with E-state index >= 15 is 0 Å². The fourth-order valence-corrected chi connectivity index (χ4v) is 16.3. The zero-order valence-electron chi connectivity index (χ0n) is 75.3. The summed E-state index contributed by atoms with van der Waals surface area (Å²) in [6, 6.07) is 39.2. The summed E-state index contributed by atoms with van der Waals surface area (Å²) in [5, 5.41) is 28.3. The van der Waals surface area contributed by atoms with Crippen LogP contribution in [0.4, 0.5) is 67.2 Å². The van der Waals surface area contributed by atoms with Crippen molar-refractivity contribution in [1.29, 1.82) is 0 Å². The lowest BCUT2D eigenvalue weighted by Crippen LogP contribution is -2.31. The van der Waals surface area contributed by atoms with Crippen molar-refractivity contribution in [2.45, 2.75) is 122 Å². The molecule has 0 spiro atoms. The summed E-state index contributed by atoms with van der Waals surface area (Å²) in [6.45, 7) is 10.0. The van der Waals surface area contributed by atoms with Gasteiger partial charge in [-0.2, -0.15) is 20.4 Å². The van der Waals surface area contributed by atoms with E-state index in [0.717, 1.165) is 38.0 Å². The summed E-state index contributed by atoms with van der Waals surface area (Å²) in [5.74, 6) is -16.1. The van der Waals surface area contributed by atoms with Crippen LogP contribution in [0.15, 0.2) is 170 Å². The van der Waals surface area contributed by atoms with Crippen molar-refractivity contribution < 1.29 is 87.0 Å². The van der Waals surface area contributed by atoms with Crippen LogP contribution in [-0.4, -0.2) is 167 Å². The monoisotopic (exact) mass is 1890 g/mol. The number of nitrogens with two attached hydrogens (primary N) is 8. The van der Waals surface area contributed by atoms with Crippen molar-refractivity contribution in [2.24, 2.45) is 28.9 Å². The van der Waals surface area contributed by atoms with Gasteiger partial charge in [0.1, 0.15) is 116 Å². The molecule has 4 aliphatic rings. The normalized spacial score (nSPS) is 16.5. The molecule has 12 aromatic rings. The van der Waals surface area contributed by atoms with Gasteiger partial charge in [0.2, 0.25) is 0 Å². The molecule has 3 aliphatic heterocycles. The predicted octanol–water partition coefficient (Wildman–Crippen LogP) is 12.2. The van der Waals surface area contributed by atoms with Crippen molar-refractivity contribution in [3.63, 3.8) is 0 Å². The summed E-state index contributed by atoms with van der Waals surface area (Å²) in [6.07, 6.45) is 2.24. The zero-order valence-corrected chi connectivity index (χ0v) is 75.3. The standard InChI is InChI=1S/C25H27F3N6O2.C24H25F3N6O2.C24H26FN5O2.C23H22F3N5O3/c1-3-33-12-19(25(27,28)13-33)34-22(29)20(23(30)35)21(32-34)16-7-5-15(6-8-16)11-31-24(36)18-10-17(26)9-4-14(18)2;1-13-3-8-16(25)9-17(13)23(35)30-10-14-4-6-15(7-5-14)20-19(22(29)34)21(28)33(31-20)18-11-32(2)12-24(18,26)27;1-13-3-10-18(25)11-19(13)24(32)28-12-15-4-6-17(7-5-15)21-20(23(27)31)22(26)30(29-21)14(2)16-8-9-16;1-12-2-7-15(24)8-16(12)22(33)29-9-13-3-5-14(6-4-13)19-18(21(28)32)20(27)31(30-19)17-10-34-11-23(17,25)26/h4-10,19H,3,11-13,29H2,1-2H3,(H2,30,35)(H,31,36);3-9,18H,10-12,28H2,1-2H3,(H2,29,34)(H,30,35);3-7,10-11,14,16H,8-9,12,26H2,1-2H3,(H2,27,31)(H,28,32);2-8,17H,9-11,27H2,1H3,(H2,28,32)(H,29,33). The number of halogens is 10. The summed E-state index contributed by atoms with van der Waals surface area (Å²) >= 11 is 0. The zero-order chi connectivity index (χ0) is 99.3. The Hall–Kier alpha value is -15.3. The maximum absolute atomic E-state index is 14.7. The minimum Gasteiger partial charge on any atom is -0.383 e. The van der Waals surface area contributed by atoms with E-state index in [2.05, 4.69) is 41.7 Å². The molecule has 16 rings (SSSR count). The predicted molar refractivity (Wildman–Crippen MR) is 491 cm³/mol. The number of nitrogen functional groups attached to an aromatic ring is 4. The highest BCUT2D eigenvalue weighted by molar-refractivity contribution is 6.06. The average molecular weight is 1900 g/mol. The van der Waals surface area contributed by atoms with Crippen molar-refractivity contribution in [2.75, 3.05) is 75.9 Å². The summed E-state index contributed by atoms with van der Waals surface area (Å²) in [4.78, 5) is 101. The Morgan fingerprint density at radius 2 is 0.686 bits per heavy atom. The van der Waals surface area contributed by atoms with Gasteiger partial charge in [-0.25, -0.2) is 62.6 Å². The molecule has 7 heterocycles. The van der Waals surface area contributed by atoms with Gasteiger partial charge < -0.3 is 71.9 Å². The second-order valence-corrected chi connectivity index (χ2v) is 34.0. The molecule has 20 N–H and O–H groups in total. The third-order valence-electron chi connectivity index (χ3n) is 24.2. The number of carbonyl (C=O) groups excluding carboxylic acids is 8. The number of aryl methyl sites for hydroxylation is 4.